The van der Waals surface area contributed by atoms with Crippen molar-refractivity contribution < 1.29 is 24.5 Å². The lowest BCUT2D eigenvalue weighted by Crippen LogP contribution is -2.31. The zero-order valence-corrected chi connectivity index (χ0v) is 22.0. The van der Waals surface area contributed by atoms with Crippen LogP contribution in [0, 0.1) is 6.92 Å². The fourth-order valence-electron chi connectivity index (χ4n) is 5.54. The molecule has 2 aromatic carbocycles. The molecule has 1 aromatic heterocycles. The summed E-state index contributed by atoms with van der Waals surface area (Å²) in [6, 6.07) is 9.13. The fraction of sp³-hybridized carbons (Fsp3) is 0.414. The Balaban J connectivity index is 1.39. The molecule has 1 fully saturated rings. The average Bonchev–Trinajstić information content (AvgIpc) is 3.53. The van der Waals surface area contributed by atoms with Crippen LogP contribution >= 0.6 is 0 Å². The van der Waals surface area contributed by atoms with Crippen LogP contribution < -0.4 is 9.47 Å². The number of likely N-dealkylation sites (tertiary alicyclic amines) is 1. The third-order valence-electron chi connectivity index (χ3n) is 7.68. The van der Waals surface area contributed by atoms with Crippen molar-refractivity contribution in [3.63, 3.8) is 0 Å². The molecule has 0 radical (unpaired) electrons. The number of likely N-dealkylation sites (N-methyl/N-ethyl adjacent to an activating group) is 1. The minimum Gasteiger partial charge on any atom is -0.508 e. The van der Waals surface area contributed by atoms with E-state index in [1.165, 1.54) is 12.5 Å². The van der Waals surface area contributed by atoms with Crippen molar-refractivity contribution in [2.24, 2.45) is 0 Å². The molecule has 0 aliphatic carbocycles. The number of phenolic OH excluding ortho intramolecular Hbond substituents is 2. The summed E-state index contributed by atoms with van der Waals surface area (Å²) in [5.74, 6) is 0.153. The number of aromatic hydroxyl groups is 2. The molecule has 0 saturated carbocycles. The number of rotatable bonds is 8. The standard InChI is InChI=1S/C29H35N3O5/c1-18-22(16-27-29(35)28-25(34)13-20(33)14-26(28)37-27)23-15-21(36-4)7-8-24(23)32(18)11-6-5-10-31-12-9-19(17-31)30(2)3/h7-8,13-16,19,33-34H,5-6,9-12,17H2,1-4H3/b27-16-. The van der Waals surface area contributed by atoms with Gasteiger partial charge in [0.15, 0.2) is 5.76 Å². The highest BCUT2D eigenvalue weighted by Crippen LogP contribution is 2.41. The number of carbonyl (C=O) groups is 1. The van der Waals surface area contributed by atoms with Gasteiger partial charge in [0.05, 0.1) is 7.11 Å². The molecular formula is C29H35N3O5. The number of phenols is 2. The predicted octanol–water partition coefficient (Wildman–Crippen LogP) is 4.40. The van der Waals surface area contributed by atoms with Gasteiger partial charge in [-0.1, -0.05) is 0 Å². The minimum absolute atomic E-state index is 0.0708. The fourth-order valence-corrected chi connectivity index (χ4v) is 5.54. The van der Waals surface area contributed by atoms with E-state index in [1.807, 2.05) is 12.1 Å². The number of methoxy groups -OCH3 is 1. The van der Waals surface area contributed by atoms with Gasteiger partial charge in [-0.15, -0.1) is 0 Å². The van der Waals surface area contributed by atoms with Crippen molar-refractivity contribution in [3.8, 4) is 23.0 Å². The predicted molar refractivity (Wildman–Crippen MR) is 144 cm³/mol. The highest BCUT2D eigenvalue weighted by Gasteiger charge is 2.32. The molecule has 3 heterocycles. The number of unbranched alkanes of at least 4 members (excludes halogenated alkanes) is 1. The van der Waals surface area contributed by atoms with Gasteiger partial charge < -0.3 is 34.1 Å². The SMILES string of the molecule is COc1ccc2c(c1)c(/C=C1\Oc3cc(O)cc(O)c3C1=O)c(C)n2CCCCN1CCC(N(C)C)C1. The molecule has 196 valence electrons. The van der Waals surface area contributed by atoms with Gasteiger partial charge >= 0.3 is 0 Å². The van der Waals surface area contributed by atoms with Crippen LogP contribution in [0.2, 0.25) is 0 Å². The molecule has 8 heteroatoms. The smallest absolute Gasteiger partial charge is 0.235 e. The maximum atomic E-state index is 13.0. The van der Waals surface area contributed by atoms with E-state index in [9.17, 15) is 15.0 Å². The van der Waals surface area contributed by atoms with Crippen molar-refractivity contribution in [2.45, 2.75) is 38.8 Å². The highest BCUT2D eigenvalue weighted by atomic mass is 16.5. The Morgan fingerprint density at radius 3 is 2.68 bits per heavy atom. The summed E-state index contributed by atoms with van der Waals surface area (Å²) in [5, 5.41) is 21.0. The summed E-state index contributed by atoms with van der Waals surface area (Å²) < 4.78 is 13.6. The molecule has 0 amide bonds. The van der Waals surface area contributed by atoms with Gasteiger partial charge in [0.1, 0.15) is 28.6 Å². The first-order valence-corrected chi connectivity index (χ1v) is 12.8. The second kappa shape index (κ2) is 10.1. The van der Waals surface area contributed by atoms with E-state index >= 15 is 0 Å². The summed E-state index contributed by atoms with van der Waals surface area (Å²) in [4.78, 5) is 17.9. The molecular weight excluding hydrogens is 470 g/mol. The molecule has 3 aromatic rings. The van der Waals surface area contributed by atoms with Gasteiger partial charge in [-0.3, -0.25) is 4.79 Å². The van der Waals surface area contributed by atoms with E-state index in [1.54, 1.807) is 13.2 Å². The summed E-state index contributed by atoms with van der Waals surface area (Å²) in [6.45, 7) is 6.32. The third kappa shape index (κ3) is 4.79. The number of Topliss-reactive ketones (excluding diaryl/α,β-unsaturated/α-hetero) is 1. The topological polar surface area (TPSA) is 87.4 Å². The Morgan fingerprint density at radius 1 is 1.16 bits per heavy atom. The highest BCUT2D eigenvalue weighted by molar-refractivity contribution is 6.17. The van der Waals surface area contributed by atoms with Crippen LogP contribution in [0.1, 0.15) is 40.9 Å². The second-order valence-electron chi connectivity index (χ2n) is 10.2. The Bertz CT molecular complexity index is 1370. The molecule has 5 rings (SSSR count). The van der Waals surface area contributed by atoms with Crippen LogP contribution in [-0.4, -0.2) is 77.2 Å². The number of allylic oxidation sites excluding steroid dienone is 1. The quantitative estimate of drug-likeness (QED) is 0.347. The number of hydrogen-bond acceptors (Lipinski definition) is 7. The summed E-state index contributed by atoms with van der Waals surface area (Å²) in [6.07, 6.45) is 5.13. The Kier molecular flexibility index (Phi) is 6.88. The number of aromatic nitrogens is 1. The van der Waals surface area contributed by atoms with Crippen LogP contribution in [0.15, 0.2) is 36.1 Å². The summed E-state index contributed by atoms with van der Waals surface area (Å²) >= 11 is 0. The molecule has 8 nitrogen and oxygen atoms in total. The van der Waals surface area contributed by atoms with E-state index in [0.29, 0.717) is 6.04 Å². The lowest BCUT2D eigenvalue weighted by Gasteiger charge is -2.20. The number of aryl methyl sites for hydroxylation is 1. The van der Waals surface area contributed by atoms with Gasteiger partial charge in [0, 0.05) is 53.4 Å². The zero-order chi connectivity index (χ0) is 26.3. The Labute approximate surface area is 217 Å². The van der Waals surface area contributed by atoms with Crippen LogP contribution in [0.25, 0.3) is 17.0 Å². The molecule has 2 aliphatic heterocycles. The molecule has 2 N–H and O–H groups in total. The molecule has 2 aliphatic rings. The van der Waals surface area contributed by atoms with Crippen LogP contribution in [0.5, 0.6) is 23.0 Å². The van der Waals surface area contributed by atoms with Gasteiger partial charge in [-0.25, -0.2) is 0 Å². The van der Waals surface area contributed by atoms with E-state index in [-0.39, 0.29) is 28.6 Å². The number of fused-ring (bicyclic) bond motifs is 2. The molecule has 1 saturated heterocycles. The number of ether oxygens (including phenoxy) is 2. The van der Waals surface area contributed by atoms with Gasteiger partial charge in [0.2, 0.25) is 5.78 Å². The monoisotopic (exact) mass is 505 g/mol. The van der Waals surface area contributed by atoms with Crippen molar-refractivity contribution >= 4 is 22.8 Å². The van der Waals surface area contributed by atoms with Gasteiger partial charge in [0.25, 0.3) is 0 Å². The zero-order valence-electron chi connectivity index (χ0n) is 22.0. The molecule has 37 heavy (non-hydrogen) atoms. The summed E-state index contributed by atoms with van der Waals surface area (Å²) in [5.41, 5.74) is 3.05. The van der Waals surface area contributed by atoms with E-state index in [4.69, 9.17) is 9.47 Å². The first kappa shape index (κ1) is 25.2. The Morgan fingerprint density at radius 2 is 1.95 bits per heavy atom. The van der Waals surface area contributed by atoms with Crippen molar-refractivity contribution in [1.82, 2.24) is 14.4 Å². The number of carbonyl (C=O) groups excluding carboxylic acids is 1. The maximum absolute atomic E-state index is 13.0. The normalized spacial score (nSPS) is 18.8. The van der Waals surface area contributed by atoms with Crippen molar-refractivity contribution in [3.05, 3.63) is 52.9 Å². The molecule has 1 atom stereocenters. The van der Waals surface area contributed by atoms with Gasteiger partial charge in [-0.05, 0) is 77.6 Å². The van der Waals surface area contributed by atoms with Gasteiger partial charge in [-0.2, -0.15) is 0 Å². The van der Waals surface area contributed by atoms with Crippen LogP contribution in [-0.2, 0) is 6.54 Å². The first-order chi connectivity index (χ1) is 17.8. The molecule has 0 spiro atoms. The number of hydrogen-bond donors (Lipinski definition) is 2. The average molecular weight is 506 g/mol. The van der Waals surface area contributed by atoms with Crippen LogP contribution in [0.3, 0.4) is 0 Å². The summed E-state index contributed by atoms with van der Waals surface area (Å²) in [7, 11) is 5.95. The first-order valence-electron chi connectivity index (χ1n) is 12.8. The van der Waals surface area contributed by atoms with E-state index < -0.39 is 5.78 Å². The lowest BCUT2D eigenvalue weighted by molar-refractivity contribution is 0.101. The Hall–Kier alpha value is -3.49. The number of ketones is 1. The van der Waals surface area contributed by atoms with E-state index in [2.05, 4.69) is 41.5 Å². The maximum Gasteiger partial charge on any atom is 0.235 e. The third-order valence-corrected chi connectivity index (χ3v) is 7.68. The minimum atomic E-state index is -0.405. The van der Waals surface area contributed by atoms with Crippen LogP contribution in [0.4, 0.5) is 0 Å². The molecule has 1 unspecified atom stereocenters. The number of nitrogens with zero attached hydrogens (tertiary/aromatic N) is 3. The van der Waals surface area contributed by atoms with E-state index in [0.717, 1.165) is 73.0 Å². The van der Waals surface area contributed by atoms with Crippen molar-refractivity contribution in [2.75, 3.05) is 40.8 Å². The molecule has 0 bridgehead atoms. The number of benzene rings is 2. The largest absolute Gasteiger partial charge is 0.508 e. The lowest BCUT2D eigenvalue weighted by atomic mass is 10.1. The van der Waals surface area contributed by atoms with Crippen molar-refractivity contribution in [1.29, 1.82) is 0 Å². The second-order valence-corrected chi connectivity index (χ2v) is 10.2.